The molecule has 4 nitrogen and oxygen atoms in total. The Morgan fingerprint density at radius 3 is 2.44 bits per heavy atom. The molecule has 0 aromatic carbocycles. The first-order valence-corrected chi connectivity index (χ1v) is 5.31. The van der Waals surface area contributed by atoms with Gasteiger partial charge in [0.05, 0.1) is 23.2 Å². The van der Waals surface area contributed by atoms with E-state index in [0.717, 1.165) is 0 Å². The maximum absolute atomic E-state index is 11.8. The molecule has 3 aliphatic rings. The summed E-state index contributed by atoms with van der Waals surface area (Å²) in [7, 11) is 0. The number of fused-ring (bicyclic) bond motifs is 4. The molecule has 0 aromatic rings. The summed E-state index contributed by atoms with van der Waals surface area (Å²) in [6, 6.07) is 0. The van der Waals surface area contributed by atoms with Gasteiger partial charge < -0.3 is 4.74 Å². The second kappa shape index (κ2) is 2.29. The van der Waals surface area contributed by atoms with E-state index in [-0.39, 0.29) is 18.0 Å². The Labute approximate surface area is 92.6 Å². The molecule has 3 fully saturated rings. The Hall–Kier alpha value is -1.45. The van der Waals surface area contributed by atoms with Crippen LogP contribution >= 0.6 is 0 Å². The van der Waals surface area contributed by atoms with Crippen molar-refractivity contribution in [2.24, 2.45) is 22.7 Å². The summed E-state index contributed by atoms with van der Waals surface area (Å²) in [6.45, 7) is 7.21. The third-order valence-electron chi connectivity index (χ3n) is 4.72. The lowest BCUT2D eigenvalue weighted by Gasteiger charge is -2.55. The van der Waals surface area contributed by atoms with Gasteiger partial charge in [-0.2, -0.15) is 0 Å². The van der Waals surface area contributed by atoms with Gasteiger partial charge in [0.25, 0.3) is 0 Å². The molecule has 0 bridgehead atoms. The zero-order valence-electron chi connectivity index (χ0n) is 9.20. The average Bonchev–Trinajstić information content (AvgIpc) is 2.44. The van der Waals surface area contributed by atoms with Crippen molar-refractivity contribution in [3.8, 4) is 0 Å². The molecule has 0 N–H and O–H groups in total. The van der Waals surface area contributed by atoms with E-state index >= 15 is 0 Å². The first-order valence-electron chi connectivity index (χ1n) is 5.31. The van der Waals surface area contributed by atoms with Crippen molar-refractivity contribution < 1.29 is 19.1 Å². The lowest BCUT2D eigenvalue weighted by atomic mass is 9.41. The molecule has 4 unspecified atom stereocenters. The smallest absolute Gasteiger partial charge is 0.316 e. The molecule has 0 aromatic heterocycles. The van der Waals surface area contributed by atoms with Crippen molar-refractivity contribution in [2.75, 3.05) is 0 Å². The molecule has 3 rings (SSSR count). The first kappa shape index (κ1) is 9.75. The van der Waals surface area contributed by atoms with Gasteiger partial charge in [-0.15, -0.1) is 0 Å². The molecule has 4 atom stereocenters. The largest absolute Gasteiger partial charge is 0.431 e. The van der Waals surface area contributed by atoms with E-state index in [0.29, 0.717) is 5.76 Å². The fraction of sp³-hybridized carbons (Fsp3) is 0.583. The van der Waals surface area contributed by atoms with E-state index in [1.54, 1.807) is 13.8 Å². The molecule has 1 saturated heterocycles. The normalized spacial score (nSPS) is 49.9. The van der Waals surface area contributed by atoms with Crippen LogP contribution in [0.5, 0.6) is 0 Å². The van der Waals surface area contributed by atoms with Crippen LogP contribution in [0.2, 0.25) is 0 Å². The van der Waals surface area contributed by atoms with E-state index in [9.17, 15) is 14.4 Å². The fourth-order valence-electron chi connectivity index (χ4n) is 4.03. The third kappa shape index (κ3) is 0.655. The van der Waals surface area contributed by atoms with Crippen LogP contribution in [0.4, 0.5) is 0 Å². The molecule has 2 aliphatic carbocycles. The third-order valence-corrected chi connectivity index (χ3v) is 4.72. The Balaban J connectivity index is 2.20. The van der Waals surface area contributed by atoms with E-state index in [1.807, 2.05) is 0 Å². The highest BCUT2D eigenvalue weighted by Gasteiger charge is 2.81. The highest BCUT2D eigenvalue weighted by Crippen LogP contribution is 2.73. The number of Topliss-reactive ketones (excluding diaryl/α,β-unsaturated/α-hetero) is 2. The van der Waals surface area contributed by atoms with Crippen LogP contribution in [0.1, 0.15) is 20.3 Å². The Morgan fingerprint density at radius 1 is 1.19 bits per heavy atom. The van der Waals surface area contributed by atoms with Gasteiger partial charge in [0.1, 0.15) is 17.3 Å². The van der Waals surface area contributed by atoms with Gasteiger partial charge in [0.2, 0.25) is 0 Å². The predicted molar refractivity (Wildman–Crippen MR) is 53.1 cm³/mol. The zero-order valence-corrected chi connectivity index (χ0v) is 9.20. The second-order valence-corrected chi connectivity index (χ2v) is 5.34. The highest BCUT2D eigenvalue weighted by atomic mass is 16.5. The topological polar surface area (TPSA) is 60.4 Å². The van der Waals surface area contributed by atoms with Crippen LogP contribution in [-0.2, 0) is 19.1 Å². The van der Waals surface area contributed by atoms with Gasteiger partial charge in [-0.05, 0) is 0 Å². The van der Waals surface area contributed by atoms with Crippen LogP contribution in [0.3, 0.4) is 0 Å². The standard InChI is InChI=1S/C12H12O4/c1-5-11(2)8-6(13)4-7(14)12(8,3)9(11)10(15)16-5/h8-9H,1,4H2,2-3H3. The maximum Gasteiger partial charge on any atom is 0.316 e. The number of rotatable bonds is 0. The molecule has 16 heavy (non-hydrogen) atoms. The molecule has 2 saturated carbocycles. The van der Waals surface area contributed by atoms with Crippen molar-refractivity contribution in [1.82, 2.24) is 0 Å². The molecule has 0 amide bonds. The van der Waals surface area contributed by atoms with E-state index in [2.05, 4.69) is 6.58 Å². The number of allylic oxidation sites excluding steroid dienone is 1. The summed E-state index contributed by atoms with van der Waals surface area (Å²) in [5, 5.41) is 0. The number of esters is 1. The van der Waals surface area contributed by atoms with Crippen molar-refractivity contribution in [1.29, 1.82) is 0 Å². The van der Waals surface area contributed by atoms with Crippen molar-refractivity contribution >= 4 is 17.5 Å². The molecule has 0 spiro atoms. The van der Waals surface area contributed by atoms with Gasteiger partial charge in [-0.25, -0.2) is 0 Å². The zero-order chi connectivity index (χ0) is 11.9. The molecule has 84 valence electrons. The van der Waals surface area contributed by atoms with Gasteiger partial charge >= 0.3 is 5.97 Å². The van der Waals surface area contributed by atoms with Gasteiger partial charge in [0.15, 0.2) is 0 Å². The minimum absolute atomic E-state index is 0.0478. The molecule has 1 heterocycles. The molecular formula is C12H12O4. The Morgan fingerprint density at radius 2 is 1.81 bits per heavy atom. The fourth-order valence-corrected chi connectivity index (χ4v) is 4.03. The van der Waals surface area contributed by atoms with Gasteiger partial charge in [0, 0.05) is 5.92 Å². The SMILES string of the molecule is C=C1OC(=O)C2C1(C)C1C(=O)CC(=O)C12C. The number of carbonyl (C=O) groups is 3. The first-order chi connectivity index (χ1) is 7.34. The van der Waals surface area contributed by atoms with Crippen LogP contribution in [0.15, 0.2) is 12.3 Å². The summed E-state index contributed by atoms with van der Waals surface area (Å²) in [5.74, 6) is -1.21. The maximum atomic E-state index is 11.8. The molecule has 4 heteroatoms. The molecular weight excluding hydrogens is 208 g/mol. The number of cyclic esters (lactones) is 1. The number of hydrogen-bond acceptors (Lipinski definition) is 4. The molecule has 0 radical (unpaired) electrons. The Kier molecular flexibility index (Phi) is 1.39. The summed E-state index contributed by atoms with van der Waals surface area (Å²) in [5.41, 5.74) is -1.50. The summed E-state index contributed by atoms with van der Waals surface area (Å²) in [4.78, 5) is 35.4. The number of ether oxygens (including phenoxy) is 1. The van der Waals surface area contributed by atoms with Gasteiger partial charge in [-0.3, -0.25) is 14.4 Å². The van der Waals surface area contributed by atoms with Crippen molar-refractivity contribution in [3.63, 3.8) is 0 Å². The van der Waals surface area contributed by atoms with Crippen molar-refractivity contribution in [2.45, 2.75) is 20.3 Å². The predicted octanol–water partition coefficient (Wildman–Crippen LogP) is 0.857. The van der Waals surface area contributed by atoms with Crippen molar-refractivity contribution in [3.05, 3.63) is 12.3 Å². The van der Waals surface area contributed by atoms with Crippen LogP contribution in [0.25, 0.3) is 0 Å². The van der Waals surface area contributed by atoms with Crippen LogP contribution in [0, 0.1) is 22.7 Å². The number of ketones is 2. The number of carbonyl (C=O) groups excluding carboxylic acids is 3. The monoisotopic (exact) mass is 220 g/mol. The lowest BCUT2D eigenvalue weighted by Crippen LogP contribution is -2.63. The molecule has 1 aliphatic heterocycles. The van der Waals surface area contributed by atoms with Crippen LogP contribution in [-0.4, -0.2) is 17.5 Å². The second-order valence-electron chi connectivity index (χ2n) is 5.34. The van der Waals surface area contributed by atoms with E-state index < -0.39 is 28.6 Å². The lowest BCUT2D eigenvalue weighted by molar-refractivity contribution is -0.172. The summed E-state index contributed by atoms with van der Waals surface area (Å²) >= 11 is 0. The summed E-state index contributed by atoms with van der Waals surface area (Å²) < 4.78 is 5.01. The quantitative estimate of drug-likeness (QED) is 0.448. The van der Waals surface area contributed by atoms with E-state index in [4.69, 9.17) is 4.74 Å². The average molecular weight is 220 g/mol. The van der Waals surface area contributed by atoms with Crippen LogP contribution < -0.4 is 0 Å². The Bertz CT molecular complexity index is 421. The number of hydrogen-bond donors (Lipinski definition) is 0. The minimum atomic E-state index is -0.845. The minimum Gasteiger partial charge on any atom is -0.431 e. The highest BCUT2D eigenvalue weighted by molar-refractivity contribution is 6.15. The summed E-state index contributed by atoms with van der Waals surface area (Å²) in [6.07, 6.45) is -0.0478. The van der Waals surface area contributed by atoms with Gasteiger partial charge in [-0.1, -0.05) is 20.4 Å². The van der Waals surface area contributed by atoms with E-state index in [1.165, 1.54) is 0 Å².